The number of amides is 1. The first kappa shape index (κ1) is 22.0. The van der Waals surface area contributed by atoms with Gasteiger partial charge < -0.3 is 14.8 Å². The first-order valence-electron chi connectivity index (χ1n) is 9.34. The van der Waals surface area contributed by atoms with E-state index in [-0.39, 0.29) is 29.5 Å². The van der Waals surface area contributed by atoms with Crippen molar-refractivity contribution in [3.8, 4) is 11.5 Å². The predicted molar refractivity (Wildman–Crippen MR) is 111 cm³/mol. The number of halogens is 2. The summed E-state index contributed by atoms with van der Waals surface area (Å²) in [4.78, 5) is 28.9. The minimum Gasteiger partial charge on any atom is -0.493 e. The van der Waals surface area contributed by atoms with Gasteiger partial charge in [0.15, 0.2) is 17.1 Å². The minimum atomic E-state index is -2.96. The summed E-state index contributed by atoms with van der Waals surface area (Å²) in [7, 11) is 3.05. The number of benzene rings is 1. The molecule has 31 heavy (non-hydrogen) atoms. The molecule has 2 heterocycles. The third-order valence-electron chi connectivity index (χ3n) is 4.85. The van der Waals surface area contributed by atoms with Gasteiger partial charge in [0.2, 0.25) is 5.91 Å². The Morgan fingerprint density at radius 1 is 1.32 bits per heavy atom. The molecule has 0 radical (unpaired) electrons. The Morgan fingerprint density at radius 3 is 2.74 bits per heavy atom. The summed E-state index contributed by atoms with van der Waals surface area (Å²) < 4.78 is 35.8. The van der Waals surface area contributed by atoms with Gasteiger partial charge in [-0.2, -0.15) is 8.78 Å². The van der Waals surface area contributed by atoms with Crippen LogP contribution in [0.3, 0.4) is 0 Å². The van der Waals surface area contributed by atoms with Crippen LogP contribution in [0.4, 0.5) is 8.78 Å². The maximum atomic E-state index is 12.4. The second-order valence-electron chi connectivity index (χ2n) is 6.84. The fourth-order valence-corrected chi connectivity index (χ4v) is 3.30. The fraction of sp³-hybridized carbons (Fsp3) is 0.286. The Labute approximate surface area is 176 Å². The predicted octanol–water partition coefficient (Wildman–Crippen LogP) is 2.82. The van der Waals surface area contributed by atoms with E-state index >= 15 is 0 Å². The van der Waals surface area contributed by atoms with Gasteiger partial charge in [0.05, 0.1) is 12.5 Å². The molecule has 2 aromatic heterocycles. The van der Waals surface area contributed by atoms with Gasteiger partial charge >= 0.3 is 6.61 Å². The molecule has 3 aromatic rings. The van der Waals surface area contributed by atoms with E-state index in [1.807, 2.05) is 13.8 Å². The second-order valence-corrected chi connectivity index (χ2v) is 6.84. The Balaban J connectivity index is 1.73. The zero-order chi connectivity index (χ0) is 22.7. The molecule has 0 saturated carbocycles. The van der Waals surface area contributed by atoms with Crippen molar-refractivity contribution in [2.24, 2.45) is 7.05 Å². The average molecular weight is 432 g/mol. The van der Waals surface area contributed by atoms with Crippen molar-refractivity contribution < 1.29 is 23.0 Å². The van der Waals surface area contributed by atoms with Gasteiger partial charge in [0.1, 0.15) is 0 Å². The quantitative estimate of drug-likeness (QED) is 0.560. The van der Waals surface area contributed by atoms with E-state index in [4.69, 9.17) is 4.74 Å². The average Bonchev–Trinajstić information content (AvgIpc) is 2.99. The van der Waals surface area contributed by atoms with Crippen LogP contribution >= 0.6 is 0 Å². The monoisotopic (exact) mass is 432 g/mol. The number of pyridine rings is 1. The van der Waals surface area contributed by atoms with E-state index in [9.17, 15) is 18.4 Å². The number of carbonyl (C=O) groups excluding carboxylic acids is 1. The van der Waals surface area contributed by atoms with Crippen molar-refractivity contribution in [3.63, 3.8) is 0 Å². The number of H-pyrrole nitrogens is 1. The van der Waals surface area contributed by atoms with E-state index in [0.717, 1.165) is 11.1 Å². The van der Waals surface area contributed by atoms with Crippen LogP contribution < -0.4 is 20.3 Å². The topological polar surface area (TPSA) is 98.2 Å². The Kier molecular flexibility index (Phi) is 6.38. The molecule has 1 aromatic carbocycles. The number of hydrogen-bond acceptors (Lipinski definition) is 5. The third kappa shape index (κ3) is 4.73. The summed E-state index contributed by atoms with van der Waals surface area (Å²) in [6, 6.07) is 4.35. The molecule has 0 aliphatic carbocycles. The highest BCUT2D eigenvalue weighted by Crippen LogP contribution is 2.29. The molecule has 0 aliphatic heterocycles. The van der Waals surface area contributed by atoms with Crippen molar-refractivity contribution in [2.45, 2.75) is 27.0 Å². The normalized spacial score (nSPS) is 11.5. The Morgan fingerprint density at radius 2 is 2.06 bits per heavy atom. The molecule has 8 nitrogen and oxygen atoms in total. The van der Waals surface area contributed by atoms with Crippen LogP contribution in [0.5, 0.6) is 11.5 Å². The molecular weight excluding hydrogens is 410 g/mol. The lowest BCUT2D eigenvalue weighted by atomic mass is 10.0. The molecule has 0 aliphatic rings. The highest BCUT2D eigenvalue weighted by molar-refractivity contribution is 5.92. The van der Waals surface area contributed by atoms with Gasteiger partial charge in [-0.15, -0.1) is 0 Å². The van der Waals surface area contributed by atoms with Gasteiger partial charge in [-0.05, 0) is 48.7 Å². The lowest BCUT2D eigenvalue weighted by Gasteiger charge is -2.11. The maximum absolute atomic E-state index is 12.4. The minimum absolute atomic E-state index is 0.0937. The smallest absolute Gasteiger partial charge is 0.387 e. The largest absolute Gasteiger partial charge is 0.493 e. The first-order valence-corrected chi connectivity index (χ1v) is 9.34. The highest BCUT2D eigenvalue weighted by atomic mass is 19.3. The zero-order valence-corrected chi connectivity index (χ0v) is 17.5. The molecule has 0 saturated heterocycles. The van der Waals surface area contributed by atoms with Crippen LogP contribution in [0.15, 0.2) is 29.1 Å². The van der Waals surface area contributed by atoms with Crippen molar-refractivity contribution >= 4 is 23.0 Å². The maximum Gasteiger partial charge on any atom is 0.387 e. The Hall–Kier alpha value is -3.69. The standard InChI is InChI=1S/C21H22F2N4O4/c1-11-14(12(2)25-19-18(11)20(29)26-27(19)3)10-24-17(28)8-6-13-5-7-15(31-21(22)23)16(9-13)30-4/h5-9,21H,10H2,1-4H3,(H,24,28)(H,26,29). The van der Waals surface area contributed by atoms with Crippen LogP contribution in [-0.2, 0) is 18.4 Å². The van der Waals surface area contributed by atoms with Gasteiger partial charge in [-0.1, -0.05) is 6.07 Å². The summed E-state index contributed by atoms with van der Waals surface area (Å²) in [6.45, 7) is 0.867. The number of nitrogens with one attached hydrogen (secondary N) is 2. The Bertz CT molecular complexity index is 1210. The molecule has 164 valence electrons. The number of carbonyl (C=O) groups is 1. The highest BCUT2D eigenvalue weighted by Gasteiger charge is 2.15. The fourth-order valence-electron chi connectivity index (χ4n) is 3.30. The summed E-state index contributed by atoms with van der Waals surface area (Å²) >= 11 is 0. The van der Waals surface area contributed by atoms with Crippen LogP contribution in [0.25, 0.3) is 17.1 Å². The van der Waals surface area contributed by atoms with Gasteiger partial charge in [0.25, 0.3) is 5.56 Å². The number of methoxy groups -OCH3 is 1. The zero-order valence-electron chi connectivity index (χ0n) is 17.5. The first-order chi connectivity index (χ1) is 14.7. The number of alkyl halides is 2. The van der Waals surface area contributed by atoms with Crippen LogP contribution in [-0.4, -0.2) is 34.4 Å². The van der Waals surface area contributed by atoms with Crippen molar-refractivity contribution in [2.75, 3.05) is 7.11 Å². The number of ether oxygens (including phenoxy) is 2. The lowest BCUT2D eigenvalue weighted by molar-refractivity contribution is -0.116. The van der Waals surface area contributed by atoms with E-state index in [2.05, 4.69) is 20.1 Å². The molecule has 3 rings (SSSR count). The van der Waals surface area contributed by atoms with Gasteiger partial charge in [-0.3, -0.25) is 19.4 Å². The summed E-state index contributed by atoms with van der Waals surface area (Å²) in [5.41, 5.74) is 3.13. The molecule has 0 unspecified atom stereocenters. The van der Waals surface area contributed by atoms with Crippen molar-refractivity contribution in [3.05, 3.63) is 57.0 Å². The van der Waals surface area contributed by atoms with Crippen molar-refractivity contribution in [1.82, 2.24) is 20.1 Å². The van der Waals surface area contributed by atoms with Crippen LogP contribution in [0.2, 0.25) is 0 Å². The van der Waals surface area contributed by atoms with E-state index in [0.29, 0.717) is 22.3 Å². The van der Waals surface area contributed by atoms with E-state index in [1.54, 1.807) is 11.7 Å². The van der Waals surface area contributed by atoms with E-state index in [1.165, 1.54) is 37.5 Å². The third-order valence-corrected chi connectivity index (χ3v) is 4.85. The molecule has 0 fully saturated rings. The number of nitrogens with zero attached hydrogens (tertiary/aromatic N) is 2. The molecular formula is C21H22F2N4O4. The van der Waals surface area contributed by atoms with Gasteiger partial charge in [-0.25, -0.2) is 4.98 Å². The number of aromatic amines is 1. The number of rotatable bonds is 7. The molecule has 2 N–H and O–H groups in total. The van der Waals surface area contributed by atoms with Gasteiger partial charge in [0, 0.05) is 25.4 Å². The second kappa shape index (κ2) is 8.99. The van der Waals surface area contributed by atoms with E-state index < -0.39 is 6.61 Å². The number of hydrogen-bond donors (Lipinski definition) is 2. The number of fused-ring (bicyclic) bond motifs is 1. The number of aryl methyl sites for hydroxylation is 3. The molecule has 10 heteroatoms. The summed E-state index contributed by atoms with van der Waals surface area (Å²) in [5.74, 6) is -0.335. The molecule has 0 bridgehead atoms. The summed E-state index contributed by atoms with van der Waals surface area (Å²) in [5, 5.41) is 5.94. The molecule has 1 amide bonds. The molecule has 0 spiro atoms. The SMILES string of the molecule is COc1cc(C=CC(=O)NCc2c(C)nc3c(c2C)c(=O)[nH]n3C)ccc1OC(F)F. The number of aromatic nitrogens is 3. The summed E-state index contributed by atoms with van der Waals surface area (Å²) in [6.07, 6.45) is 2.83. The van der Waals surface area contributed by atoms with Crippen LogP contribution in [0, 0.1) is 13.8 Å². The van der Waals surface area contributed by atoms with Crippen LogP contribution in [0.1, 0.15) is 22.4 Å². The molecule has 0 atom stereocenters. The van der Waals surface area contributed by atoms with Crippen molar-refractivity contribution in [1.29, 1.82) is 0 Å². The lowest BCUT2D eigenvalue weighted by Crippen LogP contribution is -2.22.